The third kappa shape index (κ3) is 9.58. The highest BCUT2D eigenvalue weighted by atomic mass is 16.5. The Morgan fingerprint density at radius 3 is 2.77 bits per heavy atom. The number of nitrogens with zero attached hydrogens (tertiary/aromatic N) is 2. The van der Waals surface area contributed by atoms with Gasteiger partial charge in [0, 0.05) is 38.8 Å². The van der Waals surface area contributed by atoms with E-state index in [0.717, 1.165) is 64.9 Å². The molecule has 1 aromatic carbocycles. The summed E-state index contributed by atoms with van der Waals surface area (Å²) in [7, 11) is 0. The molecule has 0 radical (unpaired) electrons. The number of nitrogens with one attached hydrogen (secondary N) is 2. The summed E-state index contributed by atoms with van der Waals surface area (Å²) < 4.78 is 11.2. The van der Waals surface area contributed by atoms with Crippen LogP contribution >= 0.6 is 0 Å². The van der Waals surface area contributed by atoms with E-state index in [9.17, 15) is 0 Å². The van der Waals surface area contributed by atoms with Crippen LogP contribution in [0.25, 0.3) is 0 Å². The Hall–Kier alpha value is -1.63. The maximum absolute atomic E-state index is 5.79. The van der Waals surface area contributed by atoms with E-state index < -0.39 is 0 Å². The molecule has 2 aliphatic rings. The molecule has 2 N–H and O–H groups in total. The molecule has 0 spiro atoms. The fourth-order valence-electron chi connectivity index (χ4n) is 4.24. The Labute approximate surface area is 188 Å². The average molecular weight is 431 g/mol. The van der Waals surface area contributed by atoms with Crippen LogP contribution in [0.1, 0.15) is 56.6 Å². The standard InChI is InChI=1S/C25H42N4O2/c1-2-26-25(27-12-8-15-30-20-24-11-16-31-21-24)28-18-22-9-7-10-23(17-22)19-29-13-5-3-4-6-14-29/h7,9-10,17,24H,2-6,8,11-16,18-21H2,1H3,(H2,26,27,28). The molecule has 2 aliphatic heterocycles. The Kier molecular flexibility index (Phi) is 11.2. The Balaban J connectivity index is 1.39. The summed E-state index contributed by atoms with van der Waals surface area (Å²) >= 11 is 0. The zero-order valence-corrected chi connectivity index (χ0v) is 19.4. The van der Waals surface area contributed by atoms with Gasteiger partial charge in [0.15, 0.2) is 5.96 Å². The highest BCUT2D eigenvalue weighted by molar-refractivity contribution is 5.79. The van der Waals surface area contributed by atoms with Crippen LogP contribution in [-0.4, -0.2) is 63.5 Å². The molecule has 1 aromatic rings. The van der Waals surface area contributed by atoms with Crippen molar-refractivity contribution in [1.29, 1.82) is 0 Å². The van der Waals surface area contributed by atoms with Crippen molar-refractivity contribution in [2.24, 2.45) is 10.9 Å². The van der Waals surface area contributed by atoms with Crippen molar-refractivity contribution in [3.8, 4) is 0 Å². The Morgan fingerprint density at radius 1 is 1.16 bits per heavy atom. The van der Waals surface area contributed by atoms with Gasteiger partial charge in [0.25, 0.3) is 0 Å². The van der Waals surface area contributed by atoms with Gasteiger partial charge in [-0.15, -0.1) is 0 Å². The number of hydrogen-bond donors (Lipinski definition) is 2. The summed E-state index contributed by atoms with van der Waals surface area (Å²) in [4.78, 5) is 7.39. The van der Waals surface area contributed by atoms with Crippen molar-refractivity contribution in [3.05, 3.63) is 35.4 Å². The topological polar surface area (TPSA) is 58.1 Å². The zero-order chi connectivity index (χ0) is 21.6. The van der Waals surface area contributed by atoms with Gasteiger partial charge in [-0.2, -0.15) is 0 Å². The first-order valence-corrected chi connectivity index (χ1v) is 12.3. The first-order chi connectivity index (χ1) is 15.3. The second kappa shape index (κ2) is 14.4. The van der Waals surface area contributed by atoms with Crippen LogP contribution in [0.5, 0.6) is 0 Å². The lowest BCUT2D eigenvalue weighted by Gasteiger charge is -2.20. The van der Waals surface area contributed by atoms with Crippen molar-refractivity contribution < 1.29 is 9.47 Å². The van der Waals surface area contributed by atoms with Crippen molar-refractivity contribution in [2.75, 3.05) is 52.6 Å². The van der Waals surface area contributed by atoms with E-state index in [1.165, 1.54) is 49.9 Å². The van der Waals surface area contributed by atoms with Crippen molar-refractivity contribution in [3.63, 3.8) is 0 Å². The largest absolute Gasteiger partial charge is 0.381 e. The number of guanidine groups is 1. The molecule has 1 unspecified atom stereocenters. The van der Waals surface area contributed by atoms with E-state index in [1.807, 2.05) is 0 Å². The van der Waals surface area contributed by atoms with Gasteiger partial charge in [-0.3, -0.25) is 4.90 Å². The summed E-state index contributed by atoms with van der Waals surface area (Å²) in [6, 6.07) is 8.92. The predicted molar refractivity (Wildman–Crippen MR) is 127 cm³/mol. The predicted octanol–water partition coefficient (Wildman–Crippen LogP) is 3.56. The van der Waals surface area contributed by atoms with Gasteiger partial charge in [-0.25, -0.2) is 4.99 Å². The van der Waals surface area contributed by atoms with Gasteiger partial charge >= 0.3 is 0 Å². The highest BCUT2D eigenvalue weighted by Crippen LogP contribution is 2.15. The molecular weight excluding hydrogens is 388 g/mol. The van der Waals surface area contributed by atoms with E-state index in [0.29, 0.717) is 12.5 Å². The first kappa shape index (κ1) is 24.0. The second-order valence-electron chi connectivity index (χ2n) is 8.79. The van der Waals surface area contributed by atoms with Crippen molar-refractivity contribution in [2.45, 2.75) is 58.5 Å². The minimum absolute atomic E-state index is 0.585. The lowest BCUT2D eigenvalue weighted by Crippen LogP contribution is -2.38. The average Bonchev–Trinajstić information content (AvgIpc) is 3.17. The van der Waals surface area contributed by atoms with E-state index >= 15 is 0 Å². The van der Waals surface area contributed by atoms with E-state index in [-0.39, 0.29) is 0 Å². The molecule has 6 nitrogen and oxygen atoms in total. The van der Waals surface area contributed by atoms with Crippen LogP contribution < -0.4 is 10.6 Å². The number of likely N-dealkylation sites (tertiary alicyclic amines) is 1. The third-order valence-electron chi connectivity index (χ3n) is 6.00. The minimum atomic E-state index is 0.585. The number of rotatable bonds is 11. The van der Waals surface area contributed by atoms with Crippen molar-refractivity contribution >= 4 is 5.96 Å². The molecular formula is C25H42N4O2. The van der Waals surface area contributed by atoms with Crippen LogP contribution in [0.15, 0.2) is 29.3 Å². The van der Waals surface area contributed by atoms with Crippen LogP contribution in [0, 0.1) is 5.92 Å². The van der Waals surface area contributed by atoms with Gasteiger partial charge in [0.05, 0.1) is 19.8 Å². The summed E-state index contributed by atoms with van der Waals surface area (Å²) in [5.74, 6) is 1.46. The molecule has 174 valence electrons. The van der Waals surface area contributed by atoms with E-state index in [2.05, 4.69) is 46.7 Å². The summed E-state index contributed by atoms with van der Waals surface area (Å²) in [5, 5.41) is 6.78. The van der Waals surface area contributed by atoms with E-state index in [1.54, 1.807) is 0 Å². The maximum Gasteiger partial charge on any atom is 0.191 e. The van der Waals surface area contributed by atoms with Gasteiger partial charge in [-0.05, 0) is 56.8 Å². The molecule has 0 bridgehead atoms. The van der Waals surface area contributed by atoms with Crippen LogP contribution in [0.4, 0.5) is 0 Å². The monoisotopic (exact) mass is 430 g/mol. The lowest BCUT2D eigenvalue weighted by atomic mass is 10.1. The molecule has 0 aromatic heterocycles. The molecule has 31 heavy (non-hydrogen) atoms. The molecule has 2 saturated heterocycles. The maximum atomic E-state index is 5.79. The van der Waals surface area contributed by atoms with Gasteiger partial charge < -0.3 is 20.1 Å². The van der Waals surface area contributed by atoms with E-state index in [4.69, 9.17) is 14.5 Å². The summed E-state index contributed by atoms with van der Waals surface area (Å²) in [6.45, 7) is 11.4. The molecule has 1 atom stereocenters. The van der Waals surface area contributed by atoms with Crippen molar-refractivity contribution in [1.82, 2.24) is 15.5 Å². The SMILES string of the molecule is CCNC(=NCc1cccc(CN2CCCCCC2)c1)NCCCOCC1CCOC1. The quantitative estimate of drug-likeness (QED) is 0.319. The molecule has 6 heteroatoms. The molecule has 0 aliphatic carbocycles. The van der Waals surface area contributed by atoms with Crippen LogP contribution in [0.3, 0.4) is 0 Å². The summed E-state index contributed by atoms with van der Waals surface area (Å²) in [5.41, 5.74) is 2.67. The summed E-state index contributed by atoms with van der Waals surface area (Å²) in [6.07, 6.45) is 7.54. The van der Waals surface area contributed by atoms with Gasteiger partial charge in [0.1, 0.15) is 0 Å². The Bertz CT molecular complexity index is 638. The number of ether oxygens (including phenoxy) is 2. The molecule has 0 saturated carbocycles. The smallest absolute Gasteiger partial charge is 0.191 e. The number of benzene rings is 1. The fourth-order valence-corrected chi connectivity index (χ4v) is 4.24. The first-order valence-electron chi connectivity index (χ1n) is 12.3. The normalized spacial score (nSPS) is 20.5. The molecule has 2 heterocycles. The lowest BCUT2D eigenvalue weighted by molar-refractivity contribution is 0.0888. The fraction of sp³-hybridized carbons (Fsp3) is 0.720. The zero-order valence-electron chi connectivity index (χ0n) is 19.4. The minimum Gasteiger partial charge on any atom is -0.381 e. The molecule has 2 fully saturated rings. The Morgan fingerprint density at radius 2 is 2.00 bits per heavy atom. The van der Waals surface area contributed by atoms with Gasteiger partial charge in [-0.1, -0.05) is 37.1 Å². The second-order valence-corrected chi connectivity index (χ2v) is 8.79. The number of aliphatic imine (C=N–C) groups is 1. The molecule has 0 amide bonds. The highest BCUT2D eigenvalue weighted by Gasteiger charge is 2.15. The third-order valence-corrected chi connectivity index (χ3v) is 6.00. The number of hydrogen-bond acceptors (Lipinski definition) is 4. The van der Waals surface area contributed by atoms with Crippen LogP contribution in [0.2, 0.25) is 0 Å². The van der Waals surface area contributed by atoms with Crippen LogP contribution in [-0.2, 0) is 22.6 Å². The molecule has 3 rings (SSSR count). The van der Waals surface area contributed by atoms with Gasteiger partial charge in [0.2, 0.25) is 0 Å².